The number of rotatable bonds is 5. The van der Waals surface area contributed by atoms with E-state index in [1.165, 1.54) is 0 Å². The van der Waals surface area contributed by atoms with Crippen LogP contribution in [0.25, 0.3) is 0 Å². The minimum absolute atomic E-state index is 0.188. The van der Waals surface area contributed by atoms with Crippen LogP contribution in [0.4, 0.5) is 0 Å². The summed E-state index contributed by atoms with van der Waals surface area (Å²) in [5, 5.41) is 9.62. The number of nitrogens with zero attached hydrogens (tertiary/aromatic N) is 2. The van der Waals surface area contributed by atoms with Gasteiger partial charge in [0.2, 0.25) is 5.91 Å². The van der Waals surface area contributed by atoms with Gasteiger partial charge in [-0.05, 0) is 39.2 Å². The van der Waals surface area contributed by atoms with Gasteiger partial charge in [-0.2, -0.15) is 0 Å². The molecule has 0 aliphatic carbocycles. The number of carbonyl (C=O) groups excluding carboxylic acids is 1. The number of likely N-dealkylation sites (tertiary alicyclic amines) is 1. The number of carbonyl (C=O) groups is 1. The van der Waals surface area contributed by atoms with Gasteiger partial charge in [0.15, 0.2) is 0 Å². The summed E-state index contributed by atoms with van der Waals surface area (Å²) in [5.74, 6) is 0.677. The van der Waals surface area contributed by atoms with Crippen LogP contribution >= 0.6 is 0 Å². The Kier molecular flexibility index (Phi) is 6.09. The van der Waals surface area contributed by atoms with Gasteiger partial charge in [-0.15, -0.1) is 0 Å². The number of β-amino-alcohol motifs (C(OH)–C–C–N with tert-alkyl or cyclic N) is 1. The van der Waals surface area contributed by atoms with Crippen molar-refractivity contribution in [1.82, 2.24) is 9.80 Å². The molecule has 1 unspecified atom stereocenters. The predicted molar refractivity (Wildman–Crippen MR) is 73.4 cm³/mol. The Morgan fingerprint density at radius 3 is 2.56 bits per heavy atom. The molecule has 0 radical (unpaired) electrons. The molecule has 1 atom stereocenters. The topological polar surface area (TPSA) is 43.8 Å². The molecular weight excluding hydrogens is 228 g/mol. The SMILES string of the molecule is CC(C)CN(C(=O)CN1CCCC(O)C1)C(C)C. The summed E-state index contributed by atoms with van der Waals surface area (Å²) >= 11 is 0. The largest absolute Gasteiger partial charge is 0.392 e. The van der Waals surface area contributed by atoms with Crippen molar-refractivity contribution in [3.63, 3.8) is 0 Å². The van der Waals surface area contributed by atoms with Crippen LogP contribution in [0.3, 0.4) is 0 Å². The Bertz CT molecular complexity index is 267. The number of hydrogen-bond donors (Lipinski definition) is 1. The first kappa shape index (κ1) is 15.4. The van der Waals surface area contributed by atoms with E-state index >= 15 is 0 Å². The molecule has 1 saturated heterocycles. The molecule has 0 saturated carbocycles. The van der Waals surface area contributed by atoms with E-state index < -0.39 is 0 Å². The van der Waals surface area contributed by atoms with Crippen molar-refractivity contribution in [2.45, 2.75) is 52.7 Å². The molecule has 4 nitrogen and oxygen atoms in total. The molecule has 1 aliphatic heterocycles. The summed E-state index contributed by atoms with van der Waals surface area (Å²) < 4.78 is 0. The lowest BCUT2D eigenvalue weighted by molar-refractivity contribution is -0.135. The summed E-state index contributed by atoms with van der Waals surface area (Å²) in [4.78, 5) is 16.3. The van der Waals surface area contributed by atoms with Gasteiger partial charge in [-0.3, -0.25) is 9.69 Å². The van der Waals surface area contributed by atoms with E-state index in [2.05, 4.69) is 32.6 Å². The highest BCUT2D eigenvalue weighted by atomic mass is 16.3. The number of amides is 1. The molecular formula is C14H28N2O2. The average Bonchev–Trinajstić information content (AvgIpc) is 2.25. The molecule has 1 N–H and O–H groups in total. The van der Waals surface area contributed by atoms with Crippen molar-refractivity contribution >= 4 is 5.91 Å². The Morgan fingerprint density at radius 2 is 2.06 bits per heavy atom. The summed E-state index contributed by atoms with van der Waals surface area (Å²) in [6, 6.07) is 0.245. The lowest BCUT2D eigenvalue weighted by atomic mass is 10.1. The Labute approximate surface area is 111 Å². The second-order valence-corrected chi connectivity index (χ2v) is 6.06. The quantitative estimate of drug-likeness (QED) is 0.807. The number of hydrogen-bond acceptors (Lipinski definition) is 3. The van der Waals surface area contributed by atoms with Gasteiger partial charge >= 0.3 is 0 Å². The standard InChI is InChI=1S/C14H28N2O2/c1-11(2)8-16(12(3)4)14(18)10-15-7-5-6-13(17)9-15/h11-13,17H,5-10H2,1-4H3. The zero-order chi connectivity index (χ0) is 13.7. The average molecular weight is 256 g/mol. The monoisotopic (exact) mass is 256 g/mol. The number of aliphatic hydroxyl groups excluding tert-OH is 1. The highest BCUT2D eigenvalue weighted by Gasteiger charge is 2.24. The van der Waals surface area contributed by atoms with Gasteiger partial charge in [0.25, 0.3) is 0 Å². The Morgan fingerprint density at radius 1 is 1.39 bits per heavy atom. The molecule has 1 aliphatic rings. The molecule has 4 heteroatoms. The minimum Gasteiger partial charge on any atom is -0.392 e. The van der Waals surface area contributed by atoms with Crippen molar-refractivity contribution in [2.24, 2.45) is 5.92 Å². The van der Waals surface area contributed by atoms with E-state index in [9.17, 15) is 9.90 Å². The van der Waals surface area contributed by atoms with Crippen LogP contribution < -0.4 is 0 Å². The molecule has 0 aromatic heterocycles. The minimum atomic E-state index is -0.260. The third kappa shape index (κ3) is 4.94. The lowest BCUT2D eigenvalue weighted by Gasteiger charge is -2.34. The second kappa shape index (κ2) is 7.10. The maximum atomic E-state index is 12.3. The maximum absolute atomic E-state index is 12.3. The van der Waals surface area contributed by atoms with E-state index in [0.29, 0.717) is 19.0 Å². The highest BCUT2D eigenvalue weighted by molar-refractivity contribution is 5.78. The van der Waals surface area contributed by atoms with Crippen molar-refractivity contribution in [3.05, 3.63) is 0 Å². The van der Waals surface area contributed by atoms with Crippen LogP contribution in [-0.4, -0.2) is 59.1 Å². The fourth-order valence-electron chi connectivity index (χ4n) is 2.45. The summed E-state index contributed by atoms with van der Waals surface area (Å²) in [7, 11) is 0. The van der Waals surface area contributed by atoms with Crippen molar-refractivity contribution in [1.29, 1.82) is 0 Å². The fourth-order valence-corrected chi connectivity index (χ4v) is 2.45. The smallest absolute Gasteiger partial charge is 0.236 e. The molecule has 1 amide bonds. The van der Waals surface area contributed by atoms with E-state index in [1.807, 2.05) is 4.90 Å². The Hall–Kier alpha value is -0.610. The van der Waals surface area contributed by atoms with Gasteiger partial charge in [0.1, 0.15) is 0 Å². The van der Waals surface area contributed by atoms with Crippen LogP contribution in [0.15, 0.2) is 0 Å². The van der Waals surface area contributed by atoms with Gasteiger partial charge in [0.05, 0.1) is 12.6 Å². The van der Waals surface area contributed by atoms with E-state index in [0.717, 1.165) is 25.9 Å². The van der Waals surface area contributed by atoms with Gasteiger partial charge in [-0.1, -0.05) is 13.8 Å². The molecule has 0 bridgehead atoms. The zero-order valence-corrected chi connectivity index (χ0v) is 12.2. The second-order valence-electron chi connectivity index (χ2n) is 6.06. The fraction of sp³-hybridized carbons (Fsp3) is 0.929. The third-order valence-corrected chi connectivity index (χ3v) is 3.35. The van der Waals surface area contributed by atoms with Gasteiger partial charge < -0.3 is 10.0 Å². The summed E-state index contributed by atoms with van der Waals surface area (Å²) in [6.45, 7) is 11.2. The van der Waals surface area contributed by atoms with Crippen LogP contribution in [0.5, 0.6) is 0 Å². The predicted octanol–water partition coefficient (Wildman–Crippen LogP) is 1.34. The molecule has 0 aromatic rings. The normalized spacial score (nSPS) is 21.6. The van der Waals surface area contributed by atoms with E-state index in [1.54, 1.807) is 0 Å². The van der Waals surface area contributed by atoms with Crippen LogP contribution in [0.1, 0.15) is 40.5 Å². The van der Waals surface area contributed by atoms with Crippen LogP contribution in [0.2, 0.25) is 0 Å². The molecule has 18 heavy (non-hydrogen) atoms. The molecule has 0 spiro atoms. The van der Waals surface area contributed by atoms with Crippen LogP contribution in [-0.2, 0) is 4.79 Å². The first-order chi connectivity index (χ1) is 8.40. The maximum Gasteiger partial charge on any atom is 0.236 e. The molecule has 0 aromatic carbocycles. The summed E-state index contributed by atoms with van der Waals surface area (Å²) in [6.07, 6.45) is 1.59. The lowest BCUT2D eigenvalue weighted by Crippen LogP contribution is -2.48. The first-order valence-electron chi connectivity index (χ1n) is 7.10. The van der Waals surface area contributed by atoms with Crippen molar-refractivity contribution in [2.75, 3.05) is 26.2 Å². The van der Waals surface area contributed by atoms with Crippen LogP contribution in [0, 0.1) is 5.92 Å². The number of piperidine rings is 1. The van der Waals surface area contributed by atoms with Gasteiger partial charge in [-0.25, -0.2) is 0 Å². The molecule has 1 rings (SSSR count). The Balaban J connectivity index is 2.50. The molecule has 1 heterocycles. The van der Waals surface area contributed by atoms with Gasteiger partial charge in [0, 0.05) is 19.1 Å². The van der Waals surface area contributed by atoms with E-state index in [-0.39, 0.29) is 18.1 Å². The van der Waals surface area contributed by atoms with Crippen molar-refractivity contribution < 1.29 is 9.90 Å². The summed E-state index contributed by atoms with van der Waals surface area (Å²) in [5.41, 5.74) is 0. The molecule has 1 fully saturated rings. The number of aliphatic hydroxyl groups is 1. The highest BCUT2D eigenvalue weighted by Crippen LogP contribution is 2.11. The third-order valence-electron chi connectivity index (χ3n) is 3.35. The molecule has 106 valence electrons. The van der Waals surface area contributed by atoms with Crippen molar-refractivity contribution in [3.8, 4) is 0 Å². The first-order valence-corrected chi connectivity index (χ1v) is 7.10. The van der Waals surface area contributed by atoms with E-state index in [4.69, 9.17) is 0 Å². The zero-order valence-electron chi connectivity index (χ0n) is 12.2.